The van der Waals surface area contributed by atoms with Crippen molar-refractivity contribution >= 4 is 21.5 Å². The molecule has 158 valence electrons. The number of hydrogen-bond donors (Lipinski definition) is 0. The SMILES string of the molecule is CN(C1CN(c2ccc3nnc(-c4cccnc4)n3n2)C1)S(=O)(=O)c1cccc(F)c1. The Morgan fingerprint density at radius 2 is 1.94 bits per heavy atom. The minimum atomic E-state index is -3.78. The number of pyridine rings is 1. The molecule has 1 aliphatic heterocycles. The fourth-order valence-electron chi connectivity index (χ4n) is 3.49. The number of nitrogens with zero attached hydrogens (tertiary/aromatic N) is 7. The van der Waals surface area contributed by atoms with Crippen LogP contribution >= 0.6 is 0 Å². The van der Waals surface area contributed by atoms with Crippen molar-refractivity contribution in [1.29, 1.82) is 0 Å². The molecule has 0 saturated carbocycles. The molecule has 3 aromatic heterocycles. The molecule has 4 heterocycles. The van der Waals surface area contributed by atoms with E-state index in [9.17, 15) is 12.8 Å². The van der Waals surface area contributed by atoms with E-state index in [4.69, 9.17) is 0 Å². The van der Waals surface area contributed by atoms with E-state index >= 15 is 0 Å². The molecule has 0 radical (unpaired) electrons. The molecule has 11 heteroatoms. The van der Waals surface area contributed by atoms with Crippen LogP contribution in [0.2, 0.25) is 0 Å². The Morgan fingerprint density at radius 3 is 2.68 bits per heavy atom. The van der Waals surface area contributed by atoms with Gasteiger partial charge in [-0.15, -0.1) is 15.3 Å². The van der Waals surface area contributed by atoms with Gasteiger partial charge in [-0.3, -0.25) is 4.98 Å². The summed E-state index contributed by atoms with van der Waals surface area (Å²) >= 11 is 0. The molecule has 0 unspecified atom stereocenters. The molecule has 0 bridgehead atoms. The van der Waals surface area contributed by atoms with Crippen LogP contribution in [0.5, 0.6) is 0 Å². The van der Waals surface area contributed by atoms with Crippen LogP contribution in [0.25, 0.3) is 17.0 Å². The largest absolute Gasteiger partial charge is 0.352 e. The van der Waals surface area contributed by atoms with Gasteiger partial charge < -0.3 is 4.90 Å². The summed E-state index contributed by atoms with van der Waals surface area (Å²) in [6.45, 7) is 0.932. The molecule has 0 aliphatic carbocycles. The quantitative estimate of drug-likeness (QED) is 0.468. The van der Waals surface area contributed by atoms with E-state index in [2.05, 4.69) is 20.3 Å². The number of hydrogen-bond acceptors (Lipinski definition) is 7. The zero-order chi connectivity index (χ0) is 21.6. The highest BCUT2D eigenvalue weighted by molar-refractivity contribution is 7.89. The highest BCUT2D eigenvalue weighted by Crippen LogP contribution is 2.26. The third kappa shape index (κ3) is 3.41. The van der Waals surface area contributed by atoms with Gasteiger partial charge in [0.25, 0.3) is 0 Å². The highest BCUT2D eigenvalue weighted by Gasteiger charge is 2.37. The van der Waals surface area contributed by atoms with Crippen molar-refractivity contribution in [3.63, 3.8) is 0 Å². The van der Waals surface area contributed by atoms with E-state index in [1.165, 1.54) is 29.6 Å². The second-order valence-electron chi connectivity index (χ2n) is 7.26. The molecule has 0 amide bonds. The van der Waals surface area contributed by atoms with E-state index in [-0.39, 0.29) is 10.9 Å². The molecule has 0 spiro atoms. The fourth-order valence-corrected chi connectivity index (χ4v) is 4.86. The van der Waals surface area contributed by atoms with Crippen molar-refractivity contribution in [1.82, 2.24) is 29.1 Å². The highest BCUT2D eigenvalue weighted by atomic mass is 32.2. The Hall–Kier alpha value is -3.44. The molecular formula is C20H18FN7O2S. The number of benzene rings is 1. The average molecular weight is 439 g/mol. The minimum Gasteiger partial charge on any atom is -0.352 e. The molecule has 1 saturated heterocycles. The molecule has 1 aromatic carbocycles. The van der Waals surface area contributed by atoms with Crippen LogP contribution in [0.1, 0.15) is 0 Å². The van der Waals surface area contributed by atoms with Gasteiger partial charge in [0.15, 0.2) is 11.5 Å². The maximum absolute atomic E-state index is 13.5. The Kier molecular flexibility index (Phi) is 4.63. The molecule has 9 nitrogen and oxygen atoms in total. The van der Waals surface area contributed by atoms with E-state index in [0.29, 0.717) is 30.4 Å². The van der Waals surface area contributed by atoms with Gasteiger partial charge in [0.1, 0.15) is 11.6 Å². The van der Waals surface area contributed by atoms with Crippen LogP contribution in [0.15, 0.2) is 65.8 Å². The lowest BCUT2D eigenvalue weighted by molar-refractivity contribution is 0.309. The van der Waals surface area contributed by atoms with Crippen LogP contribution in [0.4, 0.5) is 10.2 Å². The van der Waals surface area contributed by atoms with Crippen molar-refractivity contribution in [3.8, 4) is 11.4 Å². The van der Waals surface area contributed by atoms with Crippen LogP contribution in [0, 0.1) is 5.82 Å². The molecule has 0 atom stereocenters. The number of anilines is 1. The lowest BCUT2D eigenvalue weighted by atomic mass is 10.1. The summed E-state index contributed by atoms with van der Waals surface area (Å²) in [4.78, 5) is 6.02. The topological polar surface area (TPSA) is 96.6 Å². The van der Waals surface area contributed by atoms with Crippen LogP contribution in [-0.2, 0) is 10.0 Å². The first-order valence-corrected chi connectivity index (χ1v) is 11.0. The van der Waals surface area contributed by atoms with Gasteiger partial charge in [-0.25, -0.2) is 12.8 Å². The third-order valence-electron chi connectivity index (χ3n) is 5.34. The van der Waals surface area contributed by atoms with E-state index in [0.717, 1.165) is 11.6 Å². The monoisotopic (exact) mass is 439 g/mol. The van der Waals surface area contributed by atoms with Crippen molar-refractivity contribution in [2.24, 2.45) is 0 Å². The van der Waals surface area contributed by atoms with E-state index in [1.807, 2.05) is 29.2 Å². The van der Waals surface area contributed by atoms with Gasteiger partial charge in [0.05, 0.1) is 10.9 Å². The van der Waals surface area contributed by atoms with Crippen molar-refractivity contribution in [2.45, 2.75) is 10.9 Å². The third-order valence-corrected chi connectivity index (χ3v) is 7.25. The summed E-state index contributed by atoms with van der Waals surface area (Å²) in [6, 6.07) is 12.1. The summed E-state index contributed by atoms with van der Waals surface area (Å²) in [7, 11) is -2.27. The maximum atomic E-state index is 13.5. The lowest BCUT2D eigenvalue weighted by Crippen LogP contribution is -2.60. The average Bonchev–Trinajstić information content (AvgIpc) is 3.16. The molecular weight excluding hydrogens is 421 g/mol. The molecule has 4 aromatic rings. The fraction of sp³-hybridized carbons (Fsp3) is 0.200. The predicted octanol–water partition coefficient (Wildman–Crippen LogP) is 1.83. The van der Waals surface area contributed by atoms with E-state index < -0.39 is 15.8 Å². The zero-order valence-corrected chi connectivity index (χ0v) is 17.3. The molecule has 1 fully saturated rings. The molecule has 31 heavy (non-hydrogen) atoms. The molecule has 5 rings (SSSR count). The number of fused-ring (bicyclic) bond motifs is 1. The summed E-state index contributed by atoms with van der Waals surface area (Å²) in [6.07, 6.45) is 3.37. The number of sulfonamides is 1. The normalized spacial score (nSPS) is 14.9. The first-order chi connectivity index (χ1) is 14.9. The summed E-state index contributed by atoms with van der Waals surface area (Å²) in [5, 5.41) is 13.0. The van der Waals surface area contributed by atoms with Gasteiger partial charge in [0, 0.05) is 38.1 Å². The summed E-state index contributed by atoms with van der Waals surface area (Å²) in [5.74, 6) is 0.679. The first kappa shape index (κ1) is 19.5. The first-order valence-electron chi connectivity index (χ1n) is 9.55. The molecule has 0 N–H and O–H groups in total. The van der Waals surface area contributed by atoms with E-state index in [1.54, 1.807) is 16.9 Å². The summed E-state index contributed by atoms with van der Waals surface area (Å²) in [5.41, 5.74) is 1.40. The van der Waals surface area contributed by atoms with Crippen molar-refractivity contribution < 1.29 is 12.8 Å². The summed E-state index contributed by atoms with van der Waals surface area (Å²) < 4.78 is 42.0. The van der Waals surface area contributed by atoms with Gasteiger partial charge in [-0.1, -0.05) is 6.07 Å². The Bertz CT molecular complexity index is 1350. The number of likely N-dealkylation sites (N-methyl/N-ethyl adjacent to an activating group) is 1. The minimum absolute atomic E-state index is 0.0569. The number of aromatic nitrogens is 5. The van der Waals surface area contributed by atoms with Crippen LogP contribution in [-0.4, -0.2) is 63.7 Å². The standard InChI is InChI=1S/C20H18FN7O2S/c1-26(31(29,30)17-6-2-5-15(21)10-17)16-12-27(13-16)19-8-7-18-23-24-20(28(18)25-19)14-4-3-9-22-11-14/h2-11,16H,12-13H2,1H3. The van der Waals surface area contributed by atoms with Gasteiger partial charge in [-0.05, 0) is 42.5 Å². The Labute approximate surface area is 177 Å². The Balaban J connectivity index is 1.36. The predicted molar refractivity (Wildman–Crippen MR) is 111 cm³/mol. The number of halogens is 1. The van der Waals surface area contributed by atoms with Gasteiger partial charge in [0.2, 0.25) is 10.0 Å². The smallest absolute Gasteiger partial charge is 0.243 e. The maximum Gasteiger partial charge on any atom is 0.243 e. The number of rotatable bonds is 5. The zero-order valence-electron chi connectivity index (χ0n) is 16.5. The van der Waals surface area contributed by atoms with Gasteiger partial charge in [-0.2, -0.15) is 8.82 Å². The van der Waals surface area contributed by atoms with Crippen molar-refractivity contribution in [2.75, 3.05) is 25.0 Å². The van der Waals surface area contributed by atoms with Crippen molar-refractivity contribution in [3.05, 3.63) is 66.7 Å². The van der Waals surface area contributed by atoms with Crippen LogP contribution < -0.4 is 4.90 Å². The second kappa shape index (κ2) is 7.36. The van der Waals surface area contributed by atoms with Gasteiger partial charge >= 0.3 is 0 Å². The second-order valence-corrected chi connectivity index (χ2v) is 9.26. The van der Waals surface area contributed by atoms with Crippen LogP contribution in [0.3, 0.4) is 0 Å². The molecule has 1 aliphatic rings. The lowest BCUT2D eigenvalue weighted by Gasteiger charge is -2.43. The Morgan fingerprint density at radius 1 is 1.10 bits per heavy atom.